The minimum atomic E-state index is -0.497. The fraction of sp³-hybridized carbons (Fsp3) is 0.100. The van der Waals surface area contributed by atoms with Crippen molar-refractivity contribution in [3.63, 3.8) is 0 Å². The van der Waals surface area contributed by atoms with Gasteiger partial charge in [-0.3, -0.25) is 14.9 Å². The van der Waals surface area contributed by atoms with E-state index in [0.717, 1.165) is 11.3 Å². The zero-order valence-corrected chi connectivity index (χ0v) is 16.2. The molecule has 0 N–H and O–H groups in total. The number of hydrogen-bond acceptors (Lipinski definition) is 7. The van der Waals surface area contributed by atoms with E-state index in [1.165, 1.54) is 41.6 Å². The maximum atomic E-state index is 12.4. The predicted molar refractivity (Wildman–Crippen MR) is 109 cm³/mol. The number of fused-ring (bicyclic) bond motifs is 1. The van der Waals surface area contributed by atoms with Crippen LogP contribution in [0.15, 0.2) is 65.8 Å². The van der Waals surface area contributed by atoms with Crippen molar-refractivity contribution in [2.24, 2.45) is 0 Å². The number of thioether (sulfide) groups is 1. The minimum Gasteiger partial charge on any atom is -0.293 e. The lowest BCUT2D eigenvalue weighted by atomic mass is 10.1. The Bertz CT molecular complexity index is 1200. The lowest BCUT2D eigenvalue weighted by molar-refractivity contribution is -0.384. The molecule has 0 atom stereocenters. The molecule has 0 aliphatic carbocycles. The molecule has 0 saturated carbocycles. The Morgan fingerprint density at radius 2 is 1.76 bits per heavy atom. The molecule has 2 aromatic carbocycles. The summed E-state index contributed by atoms with van der Waals surface area (Å²) in [6, 6.07) is 17.3. The van der Waals surface area contributed by atoms with Crippen molar-refractivity contribution in [3.05, 3.63) is 81.9 Å². The Kier molecular flexibility index (Phi) is 5.05. The molecule has 0 amide bonds. The summed E-state index contributed by atoms with van der Waals surface area (Å²) < 4.78 is 1.61. The Labute approximate surface area is 169 Å². The van der Waals surface area contributed by atoms with Crippen LogP contribution in [0.4, 0.5) is 5.69 Å². The standard InChI is InChI=1S/C20H15N5O3S/c1-13-2-4-14(5-3-13)17-10-11-19-21-22-20(24(19)23-17)29-12-18(26)15-6-8-16(9-7-15)25(27)28/h2-11H,12H2,1H3. The van der Waals surface area contributed by atoms with Gasteiger partial charge in [-0.05, 0) is 31.2 Å². The predicted octanol–water partition coefficient (Wildman–Crippen LogP) is 3.98. The van der Waals surface area contributed by atoms with E-state index in [2.05, 4.69) is 15.3 Å². The van der Waals surface area contributed by atoms with E-state index in [9.17, 15) is 14.9 Å². The van der Waals surface area contributed by atoms with Crippen LogP contribution >= 0.6 is 11.8 Å². The van der Waals surface area contributed by atoms with Gasteiger partial charge in [0.05, 0.1) is 16.4 Å². The fourth-order valence-electron chi connectivity index (χ4n) is 2.72. The zero-order chi connectivity index (χ0) is 20.4. The summed E-state index contributed by atoms with van der Waals surface area (Å²) in [5, 5.41) is 24.0. The molecule has 8 nitrogen and oxygen atoms in total. The molecular formula is C20H15N5O3S. The SMILES string of the molecule is Cc1ccc(-c2ccc3nnc(SCC(=O)c4ccc([N+](=O)[O-])cc4)n3n2)cc1. The normalized spacial score (nSPS) is 10.9. The first-order valence-corrected chi connectivity index (χ1v) is 9.70. The van der Waals surface area contributed by atoms with Crippen molar-refractivity contribution in [1.82, 2.24) is 19.8 Å². The first-order chi connectivity index (χ1) is 14.0. The van der Waals surface area contributed by atoms with E-state index in [1.54, 1.807) is 4.52 Å². The maximum Gasteiger partial charge on any atom is 0.269 e. The Morgan fingerprint density at radius 3 is 2.45 bits per heavy atom. The number of non-ortho nitro benzene ring substituents is 1. The monoisotopic (exact) mass is 405 g/mol. The van der Waals surface area contributed by atoms with Crippen LogP contribution in [-0.2, 0) is 0 Å². The number of ketones is 1. The van der Waals surface area contributed by atoms with Crippen LogP contribution < -0.4 is 0 Å². The summed E-state index contributed by atoms with van der Waals surface area (Å²) in [6.45, 7) is 2.02. The van der Waals surface area contributed by atoms with Crippen molar-refractivity contribution < 1.29 is 9.72 Å². The van der Waals surface area contributed by atoms with Crippen LogP contribution in [0.3, 0.4) is 0 Å². The highest BCUT2D eigenvalue weighted by Gasteiger charge is 2.14. The second-order valence-corrected chi connectivity index (χ2v) is 7.30. The molecule has 0 fully saturated rings. The van der Waals surface area contributed by atoms with Gasteiger partial charge in [-0.15, -0.1) is 10.2 Å². The Balaban J connectivity index is 1.53. The van der Waals surface area contributed by atoms with Gasteiger partial charge in [0.15, 0.2) is 11.4 Å². The number of benzene rings is 2. The van der Waals surface area contributed by atoms with E-state index in [4.69, 9.17) is 0 Å². The second kappa shape index (κ2) is 7.80. The van der Waals surface area contributed by atoms with Gasteiger partial charge in [-0.2, -0.15) is 9.61 Å². The third kappa shape index (κ3) is 3.99. The molecule has 0 radical (unpaired) electrons. The van der Waals surface area contributed by atoms with Crippen LogP contribution in [0.25, 0.3) is 16.9 Å². The van der Waals surface area contributed by atoms with Gasteiger partial charge >= 0.3 is 0 Å². The molecule has 4 aromatic rings. The Hall–Kier alpha value is -3.59. The van der Waals surface area contributed by atoms with Crippen molar-refractivity contribution in [3.8, 4) is 11.3 Å². The van der Waals surface area contributed by atoms with Crippen molar-refractivity contribution >= 4 is 28.9 Å². The van der Waals surface area contributed by atoms with Gasteiger partial charge in [-0.1, -0.05) is 41.6 Å². The molecule has 0 bridgehead atoms. The highest BCUT2D eigenvalue weighted by Crippen LogP contribution is 2.22. The van der Waals surface area contributed by atoms with Gasteiger partial charge < -0.3 is 0 Å². The number of nitro benzene ring substituents is 1. The number of hydrogen-bond donors (Lipinski definition) is 0. The number of nitrogens with zero attached hydrogens (tertiary/aromatic N) is 5. The van der Waals surface area contributed by atoms with Crippen LogP contribution in [0.1, 0.15) is 15.9 Å². The van der Waals surface area contributed by atoms with Crippen LogP contribution in [0.5, 0.6) is 0 Å². The molecule has 0 aliphatic rings. The number of carbonyl (C=O) groups is 1. The smallest absolute Gasteiger partial charge is 0.269 e. The van der Waals surface area contributed by atoms with Crippen LogP contribution in [-0.4, -0.2) is 36.3 Å². The third-order valence-corrected chi connectivity index (χ3v) is 5.23. The third-order valence-electron chi connectivity index (χ3n) is 4.31. The van der Waals surface area contributed by atoms with E-state index in [-0.39, 0.29) is 17.2 Å². The van der Waals surface area contributed by atoms with Crippen LogP contribution in [0.2, 0.25) is 0 Å². The summed E-state index contributed by atoms with van der Waals surface area (Å²) >= 11 is 1.22. The number of aryl methyl sites for hydroxylation is 1. The first-order valence-electron chi connectivity index (χ1n) is 8.71. The largest absolute Gasteiger partial charge is 0.293 e. The van der Waals surface area contributed by atoms with E-state index in [0.29, 0.717) is 16.4 Å². The van der Waals surface area contributed by atoms with Crippen LogP contribution in [0, 0.1) is 17.0 Å². The second-order valence-electron chi connectivity index (χ2n) is 6.35. The zero-order valence-electron chi connectivity index (χ0n) is 15.3. The van der Waals surface area contributed by atoms with Crippen molar-refractivity contribution in [1.29, 1.82) is 0 Å². The highest BCUT2D eigenvalue weighted by atomic mass is 32.2. The molecule has 9 heteroatoms. The quantitative estimate of drug-likeness (QED) is 0.207. The van der Waals surface area contributed by atoms with Gasteiger partial charge in [0.1, 0.15) is 0 Å². The number of nitro groups is 1. The summed E-state index contributed by atoms with van der Waals surface area (Å²) in [4.78, 5) is 22.6. The number of rotatable bonds is 6. The molecule has 0 aliphatic heterocycles. The average Bonchev–Trinajstić information content (AvgIpc) is 3.15. The first kappa shape index (κ1) is 18.8. The lowest BCUT2D eigenvalue weighted by Crippen LogP contribution is -2.04. The summed E-state index contributed by atoms with van der Waals surface area (Å²) in [5.74, 6) is -0.0361. The molecular weight excluding hydrogens is 390 g/mol. The molecule has 4 rings (SSSR count). The molecule has 2 heterocycles. The van der Waals surface area contributed by atoms with Crippen molar-refractivity contribution in [2.45, 2.75) is 12.1 Å². The van der Waals surface area contributed by atoms with Gasteiger partial charge in [0.2, 0.25) is 5.16 Å². The molecule has 144 valence electrons. The summed E-state index contributed by atoms with van der Waals surface area (Å²) in [7, 11) is 0. The number of Topliss-reactive ketones (excluding diaryl/α,β-unsaturated/α-hetero) is 1. The fourth-order valence-corrected chi connectivity index (χ4v) is 3.50. The molecule has 29 heavy (non-hydrogen) atoms. The topological polar surface area (TPSA) is 103 Å². The van der Waals surface area contributed by atoms with Gasteiger partial charge in [0.25, 0.3) is 5.69 Å². The average molecular weight is 405 g/mol. The molecule has 0 saturated heterocycles. The van der Waals surface area contributed by atoms with E-state index in [1.807, 2.05) is 43.3 Å². The molecule has 0 spiro atoms. The summed E-state index contributed by atoms with van der Waals surface area (Å²) in [6.07, 6.45) is 0. The van der Waals surface area contributed by atoms with Gasteiger partial charge in [-0.25, -0.2) is 0 Å². The van der Waals surface area contributed by atoms with Gasteiger partial charge in [0, 0.05) is 23.3 Å². The highest BCUT2D eigenvalue weighted by molar-refractivity contribution is 7.99. The maximum absolute atomic E-state index is 12.4. The van der Waals surface area contributed by atoms with Crippen molar-refractivity contribution in [2.75, 3.05) is 5.75 Å². The number of aromatic nitrogens is 4. The minimum absolute atomic E-state index is 0.0505. The van der Waals surface area contributed by atoms with E-state index >= 15 is 0 Å². The lowest BCUT2D eigenvalue weighted by Gasteiger charge is -2.04. The number of carbonyl (C=O) groups excluding carboxylic acids is 1. The Morgan fingerprint density at radius 1 is 1.03 bits per heavy atom. The molecule has 0 unspecified atom stereocenters. The molecule has 2 aromatic heterocycles. The summed E-state index contributed by atoms with van der Waals surface area (Å²) in [5.41, 5.74) is 3.87. The van der Waals surface area contributed by atoms with E-state index < -0.39 is 4.92 Å².